The van der Waals surface area contributed by atoms with Crippen LogP contribution in [0.4, 0.5) is 17.1 Å². The topological polar surface area (TPSA) is 8.17 Å². The van der Waals surface area contributed by atoms with Gasteiger partial charge in [-0.3, -0.25) is 0 Å². The van der Waals surface area contributed by atoms with E-state index in [2.05, 4.69) is 228 Å². The molecule has 1 aromatic heterocycles. The molecule has 1 heterocycles. The lowest BCUT2D eigenvalue weighted by molar-refractivity contribution is 1.18. The van der Waals surface area contributed by atoms with E-state index in [1.165, 1.54) is 66.0 Å². The summed E-state index contributed by atoms with van der Waals surface area (Å²) in [7, 11) is 0. The number of hydrogen-bond donors (Lipinski definition) is 0. The van der Waals surface area contributed by atoms with Crippen molar-refractivity contribution in [3.63, 3.8) is 0 Å². The number of anilines is 3. The van der Waals surface area contributed by atoms with Gasteiger partial charge < -0.3 is 9.47 Å². The van der Waals surface area contributed by atoms with Gasteiger partial charge in [-0.2, -0.15) is 0 Å². The van der Waals surface area contributed by atoms with Crippen molar-refractivity contribution < 1.29 is 0 Å². The van der Waals surface area contributed by atoms with Gasteiger partial charge in [0, 0.05) is 33.5 Å². The van der Waals surface area contributed by atoms with Gasteiger partial charge in [0.2, 0.25) is 0 Å². The lowest BCUT2D eigenvalue weighted by atomic mass is 10.0. The first kappa shape index (κ1) is 31.6. The molecule has 0 radical (unpaired) electrons. The van der Waals surface area contributed by atoms with Gasteiger partial charge >= 0.3 is 0 Å². The van der Waals surface area contributed by atoms with E-state index in [1.54, 1.807) is 0 Å². The van der Waals surface area contributed by atoms with Crippen molar-refractivity contribution in [2.45, 2.75) is 0 Å². The van der Waals surface area contributed by atoms with Crippen LogP contribution in [0.3, 0.4) is 0 Å². The van der Waals surface area contributed by atoms with Gasteiger partial charge in [0.25, 0.3) is 0 Å². The summed E-state index contributed by atoms with van der Waals surface area (Å²) >= 11 is 0. The number of aromatic nitrogens is 1. The summed E-state index contributed by atoms with van der Waals surface area (Å²) in [6, 6.07) is 78.8. The van der Waals surface area contributed by atoms with Gasteiger partial charge in [0.1, 0.15) is 0 Å². The van der Waals surface area contributed by atoms with E-state index in [1.807, 2.05) is 0 Å². The fraction of sp³-hybridized carbons (Fsp3) is 0. The Morgan fingerprint density at radius 3 is 1.46 bits per heavy atom. The van der Waals surface area contributed by atoms with E-state index < -0.39 is 0 Å². The summed E-state index contributed by atoms with van der Waals surface area (Å²) in [5, 5.41) is 5.04. The van der Waals surface area contributed by atoms with Crippen LogP contribution in [0.25, 0.3) is 71.6 Å². The number of benzene rings is 9. The van der Waals surface area contributed by atoms with Gasteiger partial charge in [0.05, 0.1) is 11.0 Å². The SMILES string of the molecule is c1ccc(-c2ccc(N(c3ccc(-c4cccc(-n5c6ccccc6c6cc7ccccc7cc65)c4)cc3)c3cccc(-c4ccccc4)c3)cc2)cc1. The van der Waals surface area contributed by atoms with Crippen LogP contribution in [-0.4, -0.2) is 4.57 Å². The first-order valence-electron chi connectivity index (χ1n) is 18.5. The molecule has 10 aromatic rings. The highest BCUT2D eigenvalue weighted by molar-refractivity contribution is 6.13. The van der Waals surface area contributed by atoms with Crippen LogP contribution in [0.5, 0.6) is 0 Å². The van der Waals surface area contributed by atoms with E-state index in [9.17, 15) is 0 Å². The van der Waals surface area contributed by atoms with E-state index in [0.717, 1.165) is 22.7 Å². The molecule has 0 amide bonds. The third kappa shape index (κ3) is 5.71. The monoisotopic (exact) mass is 688 g/mol. The second-order valence-electron chi connectivity index (χ2n) is 13.8. The molecule has 2 nitrogen and oxygen atoms in total. The molecule has 0 aliphatic carbocycles. The summed E-state index contributed by atoms with van der Waals surface area (Å²) in [5.41, 5.74) is 14.0. The van der Waals surface area contributed by atoms with Crippen LogP contribution < -0.4 is 4.90 Å². The zero-order valence-electron chi connectivity index (χ0n) is 29.7. The van der Waals surface area contributed by atoms with Gasteiger partial charge in [-0.05, 0) is 111 Å². The molecule has 0 aliphatic rings. The molecule has 0 saturated carbocycles. The van der Waals surface area contributed by atoms with Crippen molar-refractivity contribution in [2.24, 2.45) is 0 Å². The summed E-state index contributed by atoms with van der Waals surface area (Å²) in [4.78, 5) is 2.35. The van der Waals surface area contributed by atoms with Crippen molar-refractivity contribution in [3.8, 4) is 39.1 Å². The second-order valence-corrected chi connectivity index (χ2v) is 13.8. The van der Waals surface area contributed by atoms with Crippen molar-refractivity contribution in [3.05, 3.63) is 218 Å². The smallest absolute Gasteiger partial charge is 0.0547 e. The van der Waals surface area contributed by atoms with Gasteiger partial charge in [-0.25, -0.2) is 0 Å². The molecule has 9 aromatic carbocycles. The standard InChI is InChI=1S/C52H36N2/c1-3-13-37(14-4-1)39-25-29-45(30-26-39)53(47-21-11-19-41(33-47)38-15-5-2-6-16-38)46-31-27-40(28-32-46)42-20-12-22-48(34-42)54-51-24-10-9-23-49(51)50-35-43-17-7-8-18-44(43)36-52(50)54/h1-36H. The molecule has 0 fully saturated rings. The van der Waals surface area contributed by atoms with Crippen LogP contribution >= 0.6 is 0 Å². The molecule has 0 N–H and O–H groups in total. The fourth-order valence-corrected chi connectivity index (χ4v) is 7.90. The Hall–Kier alpha value is -7.16. The van der Waals surface area contributed by atoms with E-state index in [-0.39, 0.29) is 0 Å². The minimum atomic E-state index is 1.10. The highest BCUT2D eigenvalue weighted by Crippen LogP contribution is 2.39. The van der Waals surface area contributed by atoms with Gasteiger partial charge in [0.15, 0.2) is 0 Å². The molecular weight excluding hydrogens is 653 g/mol. The van der Waals surface area contributed by atoms with Crippen LogP contribution in [0.2, 0.25) is 0 Å². The highest BCUT2D eigenvalue weighted by atomic mass is 15.1. The predicted molar refractivity (Wildman–Crippen MR) is 229 cm³/mol. The second kappa shape index (κ2) is 13.4. The fourth-order valence-electron chi connectivity index (χ4n) is 7.90. The number of nitrogens with zero attached hydrogens (tertiary/aromatic N) is 2. The Morgan fingerprint density at radius 1 is 0.278 bits per heavy atom. The maximum atomic E-state index is 2.41. The third-order valence-electron chi connectivity index (χ3n) is 10.5. The molecule has 0 unspecified atom stereocenters. The molecular formula is C52H36N2. The Labute approximate surface area is 315 Å². The molecule has 254 valence electrons. The quantitative estimate of drug-likeness (QED) is 0.162. The molecule has 0 atom stereocenters. The Bertz CT molecular complexity index is 2910. The van der Waals surface area contributed by atoms with Crippen molar-refractivity contribution in [2.75, 3.05) is 4.90 Å². The van der Waals surface area contributed by atoms with Crippen molar-refractivity contribution >= 4 is 49.6 Å². The summed E-state index contributed by atoms with van der Waals surface area (Å²) in [6.07, 6.45) is 0. The Kier molecular flexibility index (Phi) is 7.85. The minimum absolute atomic E-state index is 1.10. The van der Waals surface area contributed by atoms with E-state index >= 15 is 0 Å². The van der Waals surface area contributed by atoms with Gasteiger partial charge in [-0.15, -0.1) is 0 Å². The Morgan fingerprint density at radius 2 is 0.778 bits per heavy atom. The summed E-state index contributed by atoms with van der Waals surface area (Å²) in [6.45, 7) is 0. The largest absolute Gasteiger partial charge is 0.310 e. The van der Waals surface area contributed by atoms with E-state index in [4.69, 9.17) is 0 Å². The maximum Gasteiger partial charge on any atom is 0.0547 e. The summed E-state index contributed by atoms with van der Waals surface area (Å²) in [5.74, 6) is 0. The molecule has 0 bridgehead atoms. The van der Waals surface area contributed by atoms with Crippen LogP contribution in [0.15, 0.2) is 218 Å². The van der Waals surface area contributed by atoms with Crippen LogP contribution in [-0.2, 0) is 0 Å². The van der Waals surface area contributed by atoms with Crippen LogP contribution in [0.1, 0.15) is 0 Å². The van der Waals surface area contributed by atoms with Crippen molar-refractivity contribution in [1.82, 2.24) is 4.57 Å². The number of hydrogen-bond acceptors (Lipinski definition) is 1. The zero-order chi connectivity index (χ0) is 35.8. The third-order valence-corrected chi connectivity index (χ3v) is 10.5. The maximum absolute atomic E-state index is 2.41. The molecule has 54 heavy (non-hydrogen) atoms. The molecule has 2 heteroatoms. The Balaban J connectivity index is 1.05. The number of para-hydroxylation sites is 1. The molecule has 0 saturated heterocycles. The average Bonchev–Trinajstić information content (AvgIpc) is 3.57. The normalized spacial score (nSPS) is 11.3. The average molecular weight is 689 g/mol. The van der Waals surface area contributed by atoms with Crippen LogP contribution in [0, 0.1) is 0 Å². The highest BCUT2D eigenvalue weighted by Gasteiger charge is 2.16. The predicted octanol–water partition coefficient (Wildman–Crippen LogP) is 14.4. The first-order valence-corrected chi connectivity index (χ1v) is 18.5. The first-order chi connectivity index (χ1) is 26.8. The number of rotatable bonds is 7. The number of fused-ring (bicyclic) bond motifs is 4. The lowest BCUT2D eigenvalue weighted by Gasteiger charge is -2.26. The molecule has 10 rings (SSSR count). The van der Waals surface area contributed by atoms with Crippen molar-refractivity contribution in [1.29, 1.82) is 0 Å². The lowest BCUT2D eigenvalue weighted by Crippen LogP contribution is -2.10. The molecule has 0 spiro atoms. The molecule has 0 aliphatic heterocycles. The zero-order valence-corrected chi connectivity index (χ0v) is 29.7. The minimum Gasteiger partial charge on any atom is -0.310 e. The van der Waals surface area contributed by atoms with E-state index in [0.29, 0.717) is 0 Å². The summed E-state index contributed by atoms with van der Waals surface area (Å²) < 4.78 is 2.41. The van der Waals surface area contributed by atoms with Gasteiger partial charge in [-0.1, -0.05) is 152 Å².